The minimum absolute atomic E-state index is 0.0859. The number of alkyl halides is 4. The second-order valence-corrected chi connectivity index (χ2v) is 3.27. The molecule has 5 nitrogen and oxygen atoms in total. The van der Waals surface area contributed by atoms with Crippen LogP contribution in [0.2, 0.25) is 0 Å². The van der Waals surface area contributed by atoms with Crippen molar-refractivity contribution in [2.24, 2.45) is 0 Å². The number of tetrazole rings is 1. The van der Waals surface area contributed by atoms with E-state index in [1.165, 1.54) is 0 Å². The minimum Gasteiger partial charge on any atom is -0.311 e. The minimum atomic E-state index is -4.14. The molecule has 1 unspecified atom stereocenters. The highest BCUT2D eigenvalue weighted by Crippen LogP contribution is 2.25. The Labute approximate surface area is 88.8 Å². The van der Waals surface area contributed by atoms with Gasteiger partial charge in [0, 0.05) is 0 Å². The van der Waals surface area contributed by atoms with Gasteiger partial charge in [-0.05, 0) is 24.4 Å². The van der Waals surface area contributed by atoms with Gasteiger partial charge in [-0.1, -0.05) is 0 Å². The Bertz CT molecular complexity index is 339. The molecule has 1 heterocycles. The van der Waals surface area contributed by atoms with Gasteiger partial charge in [0.1, 0.15) is 6.54 Å². The van der Waals surface area contributed by atoms with E-state index >= 15 is 0 Å². The summed E-state index contributed by atoms with van der Waals surface area (Å²) in [6, 6.07) is -0.400. The molecule has 92 valence electrons. The van der Waals surface area contributed by atoms with Crippen LogP contribution in [0, 0.1) is 0 Å². The van der Waals surface area contributed by atoms with Crippen LogP contribution < -0.4 is 5.32 Å². The molecule has 0 aromatic carbocycles. The number of halogens is 4. The third kappa shape index (κ3) is 2.65. The van der Waals surface area contributed by atoms with E-state index < -0.39 is 24.9 Å². The van der Waals surface area contributed by atoms with Crippen LogP contribution in [0.1, 0.15) is 18.8 Å². The Kier molecular flexibility index (Phi) is 3.79. The second-order valence-electron chi connectivity index (χ2n) is 3.27. The standard InChI is InChI=1S/C7H11F4N5/c1-4(12-2)5-13-14-15-16(5)3-7(10,11)6(8)9/h4,6,12H,3H2,1-2H3. The summed E-state index contributed by atoms with van der Waals surface area (Å²) in [5, 5.41) is 12.7. The predicted octanol–water partition coefficient (Wildman–Crippen LogP) is 0.854. The zero-order valence-electron chi connectivity index (χ0n) is 8.66. The van der Waals surface area contributed by atoms with Gasteiger partial charge in [-0.2, -0.15) is 8.78 Å². The number of nitrogens with one attached hydrogen (secondary N) is 1. The molecular weight excluding hydrogens is 230 g/mol. The summed E-state index contributed by atoms with van der Waals surface area (Å²) in [6.45, 7) is 0.391. The smallest absolute Gasteiger partial charge is 0.311 e. The third-order valence-electron chi connectivity index (χ3n) is 2.06. The predicted molar refractivity (Wildman–Crippen MR) is 46.2 cm³/mol. The molecule has 16 heavy (non-hydrogen) atoms. The highest BCUT2D eigenvalue weighted by atomic mass is 19.3. The summed E-state index contributed by atoms with van der Waals surface area (Å²) in [5.41, 5.74) is 0. The zero-order valence-corrected chi connectivity index (χ0v) is 8.66. The average molecular weight is 241 g/mol. The fourth-order valence-electron chi connectivity index (χ4n) is 1.03. The van der Waals surface area contributed by atoms with Crippen LogP contribution in [0.15, 0.2) is 0 Å². The Hall–Kier alpha value is -1.25. The highest BCUT2D eigenvalue weighted by molar-refractivity contribution is 4.90. The number of hydrogen-bond acceptors (Lipinski definition) is 4. The Balaban J connectivity index is 2.86. The van der Waals surface area contributed by atoms with Gasteiger partial charge >= 0.3 is 12.3 Å². The van der Waals surface area contributed by atoms with Gasteiger partial charge in [-0.3, -0.25) is 0 Å². The van der Waals surface area contributed by atoms with E-state index in [-0.39, 0.29) is 5.82 Å². The topological polar surface area (TPSA) is 55.6 Å². The molecule has 0 aliphatic carbocycles. The molecule has 1 N–H and O–H groups in total. The quantitative estimate of drug-likeness (QED) is 0.776. The van der Waals surface area contributed by atoms with E-state index in [1.54, 1.807) is 14.0 Å². The van der Waals surface area contributed by atoms with Crippen molar-refractivity contribution in [3.05, 3.63) is 5.82 Å². The van der Waals surface area contributed by atoms with Gasteiger partial charge in [0.15, 0.2) is 5.82 Å². The fourth-order valence-corrected chi connectivity index (χ4v) is 1.03. The molecule has 9 heteroatoms. The first-order chi connectivity index (χ1) is 7.38. The van der Waals surface area contributed by atoms with Gasteiger partial charge in [-0.25, -0.2) is 13.5 Å². The monoisotopic (exact) mass is 241 g/mol. The first kappa shape index (κ1) is 12.8. The molecule has 0 spiro atoms. The van der Waals surface area contributed by atoms with Crippen molar-refractivity contribution in [1.82, 2.24) is 25.5 Å². The maximum atomic E-state index is 12.8. The van der Waals surface area contributed by atoms with Gasteiger partial charge < -0.3 is 5.32 Å². The van der Waals surface area contributed by atoms with Crippen LogP contribution >= 0.6 is 0 Å². The molecule has 0 aliphatic heterocycles. The molecule has 1 aromatic heterocycles. The van der Waals surface area contributed by atoms with Crippen molar-refractivity contribution >= 4 is 0 Å². The van der Waals surface area contributed by atoms with E-state index in [0.717, 1.165) is 0 Å². The average Bonchev–Trinajstić information content (AvgIpc) is 2.63. The van der Waals surface area contributed by atoms with E-state index in [9.17, 15) is 17.6 Å². The van der Waals surface area contributed by atoms with Crippen LogP contribution in [-0.2, 0) is 6.54 Å². The summed E-state index contributed by atoms with van der Waals surface area (Å²) in [7, 11) is 1.58. The van der Waals surface area contributed by atoms with E-state index in [1.807, 2.05) is 0 Å². The molecule has 0 saturated carbocycles. The number of rotatable bonds is 5. The van der Waals surface area contributed by atoms with Crippen molar-refractivity contribution in [2.45, 2.75) is 31.9 Å². The van der Waals surface area contributed by atoms with Crippen LogP contribution in [0.3, 0.4) is 0 Å². The Morgan fingerprint density at radius 2 is 2.06 bits per heavy atom. The van der Waals surface area contributed by atoms with Crippen molar-refractivity contribution in [1.29, 1.82) is 0 Å². The lowest BCUT2D eigenvalue weighted by molar-refractivity contribution is -0.140. The Morgan fingerprint density at radius 1 is 1.44 bits per heavy atom. The number of nitrogens with zero attached hydrogens (tertiary/aromatic N) is 4. The highest BCUT2D eigenvalue weighted by Gasteiger charge is 2.42. The molecule has 0 aliphatic rings. The summed E-state index contributed by atoms with van der Waals surface area (Å²) >= 11 is 0. The molecule has 0 fully saturated rings. The first-order valence-corrected chi connectivity index (χ1v) is 4.47. The normalized spacial score (nSPS) is 14.4. The van der Waals surface area contributed by atoms with Crippen LogP contribution in [0.25, 0.3) is 0 Å². The first-order valence-electron chi connectivity index (χ1n) is 4.47. The van der Waals surface area contributed by atoms with Crippen molar-refractivity contribution < 1.29 is 17.6 Å². The molecule has 0 amide bonds. The SMILES string of the molecule is CNC(C)c1nnnn1CC(F)(F)C(F)F. The molecule has 0 bridgehead atoms. The van der Waals surface area contributed by atoms with Crippen molar-refractivity contribution in [2.75, 3.05) is 7.05 Å². The lowest BCUT2D eigenvalue weighted by Crippen LogP contribution is -2.34. The van der Waals surface area contributed by atoms with Crippen molar-refractivity contribution in [3.8, 4) is 0 Å². The second kappa shape index (κ2) is 4.73. The third-order valence-corrected chi connectivity index (χ3v) is 2.06. The number of hydrogen-bond donors (Lipinski definition) is 1. The van der Waals surface area contributed by atoms with Gasteiger partial charge in [0.25, 0.3) is 0 Å². The van der Waals surface area contributed by atoms with Gasteiger partial charge in [-0.15, -0.1) is 5.10 Å². The maximum Gasteiger partial charge on any atom is 0.326 e. The van der Waals surface area contributed by atoms with Gasteiger partial charge in [0.2, 0.25) is 0 Å². The fraction of sp³-hybridized carbons (Fsp3) is 0.857. The maximum absolute atomic E-state index is 12.8. The summed E-state index contributed by atoms with van der Waals surface area (Å²) in [5.74, 6) is -4.06. The zero-order chi connectivity index (χ0) is 12.3. The largest absolute Gasteiger partial charge is 0.326 e. The molecular formula is C7H11F4N5. The van der Waals surface area contributed by atoms with Crippen LogP contribution in [0.5, 0.6) is 0 Å². The van der Waals surface area contributed by atoms with Crippen LogP contribution in [-0.4, -0.2) is 39.6 Å². The molecule has 1 rings (SSSR count). The Morgan fingerprint density at radius 3 is 2.56 bits per heavy atom. The lowest BCUT2D eigenvalue weighted by atomic mass is 10.3. The summed E-state index contributed by atoms with van der Waals surface area (Å²) < 4.78 is 50.2. The molecule has 1 aromatic rings. The van der Waals surface area contributed by atoms with Crippen molar-refractivity contribution in [3.63, 3.8) is 0 Å². The molecule has 0 saturated heterocycles. The van der Waals surface area contributed by atoms with E-state index in [2.05, 4.69) is 20.8 Å². The summed E-state index contributed by atoms with van der Waals surface area (Å²) in [4.78, 5) is 0. The van der Waals surface area contributed by atoms with E-state index in [4.69, 9.17) is 0 Å². The number of aromatic nitrogens is 4. The molecule has 0 radical (unpaired) electrons. The molecule has 1 atom stereocenters. The summed E-state index contributed by atoms with van der Waals surface area (Å²) in [6.07, 6.45) is -3.74. The van der Waals surface area contributed by atoms with Crippen LogP contribution in [0.4, 0.5) is 17.6 Å². The lowest BCUT2D eigenvalue weighted by Gasteiger charge is -2.16. The van der Waals surface area contributed by atoms with E-state index in [0.29, 0.717) is 4.68 Å². The van der Waals surface area contributed by atoms with Gasteiger partial charge in [0.05, 0.1) is 6.04 Å².